The minimum absolute atomic E-state index is 0.0710. The molecule has 5 nitrogen and oxygen atoms in total. The van der Waals surface area contributed by atoms with Gasteiger partial charge < -0.3 is 4.42 Å². The van der Waals surface area contributed by atoms with Crippen LogP contribution < -0.4 is 0 Å². The quantitative estimate of drug-likeness (QED) is 0.672. The number of oxazole rings is 1. The standard InChI is InChI=1S/C9H9N3O2/c1-6-5-10-9(14-6)12-8(7(2)13)3-4-11-12/h3-5H,1-2H3. The summed E-state index contributed by atoms with van der Waals surface area (Å²) in [5, 5.41) is 3.96. The first-order chi connectivity index (χ1) is 6.68. The number of carbonyl (C=O) groups is 1. The fraction of sp³-hybridized carbons (Fsp3) is 0.222. The lowest BCUT2D eigenvalue weighted by Gasteiger charge is -1.97. The fourth-order valence-corrected chi connectivity index (χ4v) is 1.16. The van der Waals surface area contributed by atoms with E-state index >= 15 is 0 Å². The highest BCUT2D eigenvalue weighted by Gasteiger charge is 2.12. The van der Waals surface area contributed by atoms with Crippen LogP contribution in [0.2, 0.25) is 0 Å². The van der Waals surface area contributed by atoms with Crippen LogP contribution in [0.3, 0.4) is 0 Å². The van der Waals surface area contributed by atoms with Gasteiger partial charge in [0.25, 0.3) is 0 Å². The van der Waals surface area contributed by atoms with Gasteiger partial charge in [0, 0.05) is 6.92 Å². The molecule has 2 aromatic rings. The van der Waals surface area contributed by atoms with Crippen molar-refractivity contribution >= 4 is 5.78 Å². The SMILES string of the molecule is CC(=O)c1ccnn1-c1ncc(C)o1. The van der Waals surface area contributed by atoms with Crippen molar-refractivity contribution in [2.24, 2.45) is 0 Å². The van der Waals surface area contributed by atoms with Crippen LogP contribution in [0, 0.1) is 6.92 Å². The molecule has 0 saturated heterocycles. The second-order valence-electron chi connectivity index (χ2n) is 2.94. The maximum Gasteiger partial charge on any atom is 0.323 e. The second-order valence-corrected chi connectivity index (χ2v) is 2.94. The van der Waals surface area contributed by atoms with Crippen molar-refractivity contribution in [1.82, 2.24) is 14.8 Å². The Morgan fingerprint density at radius 1 is 1.57 bits per heavy atom. The lowest BCUT2D eigenvalue weighted by molar-refractivity contribution is 0.100. The Morgan fingerprint density at radius 3 is 2.93 bits per heavy atom. The van der Waals surface area contributed by atoms with Gasteiger partial charge in [-0.25, -0.2) is 0 Å². The molecule has 0 spiro atoms. The number of Topliss-reactive ketones (excluding diaryl/α,β-unsaturated/α-hetero) is 1. The van der Waals surface area contributed by atoms with Crippen molar-refractivity contribution in [2.75, 3.05) is 0 Å². The predicted octanol–water partition coefficient (Wildman–Crippen LogP) is 1.37. The number of carbonyl (C=O) groups excluding carboxylic acids is 1. The number of aryl methyl sites for hydroxylation is 1. The summed E-state index contributed by atoms with van der Waals surface area (Å²) in [6, 6.07) is 1.94. The van der Waals surface area contributed by atoms with Gasteiger partial charge in [0.15, 0.2) is 5.78 Å². The molecule has 0 saturated carbocycles. The molecule has 0 aliphatic carbocycles. The van der Waals surface area contributed by atoms with Crippen molar-refractivity contribution in [2.45, 2.75) is 13.8 Å². The number of rotatable bonds is 2. The highest BCUT2D eigenvalue weighted by molar-refractivity contribution is 5.92. The van der Waals surface area contributed by atoms with Crippen molar-refractivity contribution in [3.8, 4) is 6.01 Å². The van der Waals surface area contributed by atoms with E-state index in [9.17, 15) is 4.79 Å². The minimum atomic E-state index is -0.0710. The monoisotopic (exact) mass is 191 g/mol. The average molecular weight is 191 g/mol. The van der Waals surface area contributed by atoms with Crippen LogP contribution in [0.1, 0.15) is 23.2 Å². The molecule has 0 aliphatic rings. The number of nitrogens with zero attached hydrogens (tertiary/aromatic N) is 3. The number of hydrogen-bond donors (Lipinski definition) is 0. The smallest absolute Gasteiger partial charge is 0.323 e. The molecular weight excluding hydrogens is 182 g/mol. The third-order valence-corrected chi connectivity index (χ3v) is 1.79. The van der Waals surface area contributed by atoms with E-state index in [4.69, 9.17) is 4.42 Å². The molecule has 0 aliphatic heterocycles. The van der Waals surface area contributed by atoms with Gasteiger partial charge in [-0.2, -0.15) is 14.8 Å². The number of aromatic nitrogens is 3. The van der Waals surface area contributed by atoms with Crippen LogP contribution in [-0.2, 0) is 0 Å². The topological polar surface area (TPSA) is 60.9 Å². The molecule has 72 valence electrons. The van der Waals surface area contributed by atoms with Crippen LogP contribution in [0.5, 0.6) is 0 Å². The Hall–Kier alpha value is -1.91. The van der Waals surface area contributed by atoms with E-state index in [1.54, 1.807) is 19.2 Å². The first-order valence-corrected chi connectivity index (χ1v) is 4.16. The summed E-state index contributed by atoms with van der Waals surface area (Å²) >= 11 is 0. The van der Waals surface area contributed by atoms with Gasteiger partial charge in [0.05, 0.1) is 12.4 Å². The van der Waals surface area contributed by atoms with Gasteiger partial charge in [0.1, 0.15) is 11.5 Å². The molecular formula is C9H9N3O2. The molecule has 0 amide bonds. The lowest BCUT2D eigenvalue weighted by Crippen LogP contribution is -2.05. The van der Waals surface area contributed by atoms with Gasteiger partial charge in [-0.1, -0.05) is 0 Å². The van der Waals surface area contributed by atoms with Crippen LogP contribution >= 0.6 is 0 Å². The van der Waals surface area contributed by atoms with Crippen LogP contribution in [0.15, 0.2) is 22.9 Å². The van der Waals surface area contributed by atoms with Crippen LogP contribution in [-0.4, -0.2) is 20.5 Å². The van der Waals surface area contributed by atoms with E-state index in [2.05, 4.69) is 10.1 Å². The maximum absolute atomic E-state index is 11.2. The van der Waals surface area contributed by atoms with E-state index in [0.29, 0.717) is 17.5 Å². The van der Waals surface area contributed by atoms with E-state index in [1.807, 2.05) is 0 Å². The lowest BCUT2D eigenvalue weighted by atomic mass is 10.3. The number of ketones is 1. The summed E-state index contributed by atoms with van der Waals surface area (Å²) < 4.78 is 6.64. The second kappa shape index (κ2) is 3.10. The van der Waals surface area contributed by atoms with Crippen molar-refractivity contribution in [3.63, 3.8) is 0 Å². The molecule has 2 rings (SSSR count). The maximum atomic E-state index is 11.2. The van der Waals surface area contributed by atoms with Gasteiger partial charge >= 0.3 is 6.01 Å². The number of hydrogen-bond acceptors (Lipinski definition) is 4. The van der Waals surface area contributed by atoms with Crippen LogP contribution in [0.25, 0.3) is 6.01 Å². The normalized spacial score (nSPS) is 10.4. The highest BCUT2D eigenvalue weighted by atomic mass is 16.4. The zero-order chi connectivity index (χ0) is 10.1. The Morgan fingerprint density at radius 2 is 2.36 bits per heavy atom. The fourth-order valence-electron chi connectivity index (χ4n) is 1.16. The summed E-state index contributed by atoms with van der Waals surface area (Å²) in [6.45, 7) is 3.26. The molecule has 0 aromatic carbocycles. The summed E-state index contributed by atoms with van der Waals surface area (Å²) in [5.41, 5.74) is 0.465. The molecule has 0 bridgehead atoms. The van der Waals surface area contributed by atoms with E-state index in [-0.39, 0.29) is 5.78 Å². The first-order valence-electron chi connectivity index (χ1n) is 4.16. The molecule has 14 heavy (non-hydrogen) atoms. The van der Waals surface area contributed by atoms with E-state index in [0.717, 1.165) is 0 Å². The Balaban J connectivity index is 2.51. The summed E-state index contributed by atoms with van der Waals surface area (Å²) in [6.07, 6.45) is 3.12. The highest BCUT2D eigenvalue weighted by Crippen LogP contribution is 2.10. The molecule has 0 atom stereocenters. The van der Waals surface area contributed by atoms with Crippen molar-refractivity contribution in [3.05, 3.63) is 29.9 Å². The largest absolute Gasteiger partial charge is 0.427 e. The minimum Gasteiger partial charge on any atom is -0.427 e. The molecule has 0 fully saturated rings. The van der Waals surface area contributed by atoms with Gasteiger partial charge in [-0.3, -0.25) is 4.79 Å². The van der Waals surface area contributed by atoms with Crippen molar-refractivity contribution < 1.29 is 9.21 Å². The Bertz CT molecular complexity index is 470. The molecule has 2 aromatic heterocycles. The summed E-state index contributed by atoms with van der Waals surface area (Å²) in [7, 11) is 0. The molecule has 2 heterocycles. The van der Waals surface area contributed by atoms with Crippen molar-refractivity contribution in [1.29, 1.82) is 0 Å². The van der Waals surface area contributed by atoms with Gasteiger partial charge in [-0.05, 0) is 13.0 Å². The molecule has 0 radical (unpaired) electrons. The first kappa shape index (κ1) is 8.68. The zero-order valence-electron chi connectivity index (χ0n) is 7.89. The van der Waals surface area contributed by atoms with Crippen LogP contribution in [0.4, 0.5) is 0 Å². The third kappa shape index (κ3) is 1.32. The third-order valence-electron chi connectivity index (χ3n) is 1.79. The van der Waals surface area contributed by atoms with E-state index in [1.165, 1.54) is 17.8 Å². The van der Waals surface area contributed by atoms with Gasteiger partial charge in [-0.15, -0.1) is 0 Å². The Kier molecular flexibility index (Phi) is 1.92. The predicted molar refractivity (Wildman–Crippen MR) is 48.4 cm³/mol. The molecule has 0 unspecified atom stereocenters. The molecule has 5 heteroatoms. The average Bonchev–Trinajstić information content (AvgIpc) is 2.70. The summed E-state index contributed by atoms with van der Waals surface area (Å²) in [5.74, 6) is 0.614. The summed E-state index contributed by atoms with van der Waals surface area (Å²) in [4.78, 5) is 15.2. The van der Waals surface area contributed by atoms with Gasteiger partial charge in [0.2, 0.25) is 0 Å². The van der Waals surface area contributed by atoms with E-state index < -0.39 is 0 Å². The molecule has 0 N–H and O–H groups in total. The zero-order valence-corrected chi connectivity index (χ0v) is 7.89. The Labute approximate surface area is 80.4 Å².